The quantitative estimate of drug-likeness (QED) is 0.0352. The number of carbonyl (C=O) groups excluding carboxylic acids is 2. The molecule has 0 unspecified atom stereocenters. The Morgan fingerprint density at radius 2 is 0.673 bits per heavy atom. The van der Waals surface area contributed by atoms with Gasteiger partial charge >= 0.3 is 222 Å². The Morgan fingerprint density at radius 3 is 1.10 bits per heavy atom. The maximum atomic E-state index is 13.1. The summed E-state index contributed by atoms with van der Waals surface area (Å²) in [7, 11) is 0. The van der Waals surface area contributed by atoms with Gasteiger partial charge in [-0.1, -0.05) is 70.3 Å². The van der Waals surface area contributed by atoms with Crippen molar-refractivity contribution in [2.45, 2.75) is 236 Å². The summed E-state index contributed by atoms with van der Waals surface area (Å²) in [5, 5.41) is 0. The Balaban J connectivity index is 4.26. The molecule has 0 amide bonds. The van der Waals surface area contributed by atoms with E-state index >= 15 is 0 Å². The van der Waals surface area contributed by atoms with E-state index in [1.54, 1.807) is 0 Å². The zero-order valence-electron chi connectivity index (χ0n) is 35.1. The SMILES string of the molecule is CCCCC/C=C\C/C=C\CCCCCCCC(=O)[O][Sn]([CH2]CCC)([CH2]CCC)[O]C(=O)CCCCCCC/C=C\CCC/C=C\CCCCCC. The van der Waals surface area contributed by atoms with E-state index in [-0.39, 0.29) is 11.9 Å². The van der Waals surface area contributed by atoms with Crippen molar-refractivity contribution in [1.82, 2.24) is 0 Å². The van der Waals surface area contributed by atoms with Crippen LogP contribution in [0.5, 0.6) is 0 Å². The molecule has 52 heavy (non-hydrogen) atoms. The van der Waals surface area contributed by atoms with Crippen molar-refractivity contribution in [3.05, 3.63) is 48.6 Å². The van der Waals surface area contributed by atoms with Crippen molar-refractivity contribution in [1.29, 1.82) is 0 Å². The van der Waals surface area contributed by atoms with Gasteiger partial charge in [0.05, 0.1) is 0 Å². The standard InChI is InChI=1S/C21H38O2.C18H32O2.2C4H9.Sn/c1-2-3-4-5-6-7-8-9-10-11-12-13-14-15-16-17-18-19-20-21(22)23;1-2-3-4-5-6-7-8-9-10-11-12-13-14-15-16-17-18(19)20;2*1-3-4-2;/h7-8,12-13H,2-6,9-11,14-20H2,1H3,(H,22,23);6-7,9-10H,2-5,8,11-17H2,1H3,(H,19,20);2*1,3-4H2,2H3;/q;;;;+2/p-2/b8-7-,13-12-;7-6-,10-9-;;;. The van der Waals surface area contributed by atoms with Crippen LogP contribution in [0.25, 0.3) is 0 Å². The minimum atomic E-state index is -3.83. The average molecular weight is 834 g/mol. The van der Waals surface area contributed by atoms with Crippen molar-refractivity contribution < 1.29 is 15.7 Å². The van der Waals surface area contributed by atoms with E-state index in [1.807, 2.05) is 0 Å². The summed E-state index contributed by atoms with van der Waals surface area (Å²) in [5.41, 5.74) is 0. The Morgan fingerprint density at radius 1 is 0.365 bits per heavy atom. The molecule has 0 atom stereocenters. The second-order valence-electron chi connectivity index (χ2n) is 15.1. The van der Waals surface area contributed by atoms with Crippen molar-refractivity contribution >= 4 is 31.1 Å². The summed E-state index contributed by atoms with van der Waals surface area (Å²) in [6, 6.07) is 0. The number of hydrogen-bond acceptors (Lipinski definition) is 4. The molecule has 0 rings (SSSR count). The number of hydrogen-bond donors (Lipinski definition) is 0. The molecule has 0 aliphatic carbocycles. The van der Waals surface area contributed by atoms with Crippen LogP contribution in [-0.2, 0) is 15.7 Å². The van der Waals surface area contributed by atoms with Crippen molar-refractivity contribution in [3.63, 3.8) is 0 Å². The zero-order valence-corrected chi connectivity index (χ0v) is 37.9. The van der Waals surface area contributed by atoms with Gasteiger partial charge in [-0.05, 0) is 38.5 Å². The zero-order chi connectivity index (χ0) is 38.1. The van der Waals surface area contributed by atoms with E-state index in [2.05, 4.69) is 76.3 Å². The fraction of sp³-hybridized carbons (Fsp3) is 0.787. The predicted molar refractivity (Wildman–Crippen MR) is 230 cm³/mol. The predicted octanol–water partition coefficient (Wildman–Crippen LogP) is 15.9. The molecular weight excluding hydrogens is 747 g/mol. The first-order valence-electron chi connectivity index (χ1n) is 22.6. The van der Waals surface area contributed by atoms with E-state index in [1.165, 1.54) is 103 Å². The Labute approximate surface area is 329 Å². The van der Waals surface area contributed by atoms with Gasteiger partial charge in [-0.25, -0.2) is 0 Å². The van der Waals surface area contributed by atoms with Gasteiger partial charge in [-0.2, -0.15) is 0 Å². The monoisotopic (exact) mass is 835 g/mol. The molecule has 0 spiro atoms. The maximum absolute atomic E-state index is 13.1. The molecule has 4 nitrogen and oxygen atoms in total. The molecule has 0 aliphatic heterocycles. The molecule has 0 saturated heterocycles. The van der Waals surface area contributed by atoms with Gasteiger partial charge in [0.25, 0.3) is 0 Å². The summed E-state index contributed by atoms with van der Waals surface area (Å²) < 4.78 is 14.2. The molecule has 0 bridgehead atoms. The van der Waals surface area contributed by atoms with E-state index in [0.717, 1.165) is 92.3 Å². The van der Waals surface area contributed by atoms with Gasteiger partial charge in [-0.15, -0.1) is 0 Å². The van der Waals surface area contributed by atoms with Gasteiger partial charge < -0.3 is 0 Å². The molecule has 0 aromatic carbocycles. The van der Waals surface area contributed by atoms with Crippen LogP contribution in [0.3, 0.4) is 0 Å². The van der Waals surface area contributed by atoms with Gasteiger partial charge in [-0.3, -0.25) is 0 Å². The minimum Gasteiger partial charge on any atom is -0.0885 e. The molecule has 0 aromatic rings. The smallest absolute Gasteiger partial charge is 0.0885 e. The molecular formula is C47H86O4Sn. The van der Waals surface area contributed by atoms with E-state index in [4.69, 9.17) is 6.15 Å². The molecule has 0 radical (unpaired) electrons. The fourth-order valence-corrected chi connectivity index (χ4v) is 16.5. The van der Waals surface area contributed by atoms with E-state index in [9.17, 15) is 9.59 Å². The van der Waals surface area contributed by atoms with E-state index in [0.29, 0.717) is 12.8 Å². The molecule has 5 heteroatoms. The van der Waals surface area contributed by atoms with Crippen molar-refractivity contribution in [2.75, 3.05) is 0 Å². The first kappa shape index (κ1) is 50.7. The number of allylic oxidation sites excluding steroid dienone is 8. The molecule has 0 N–H and O–H groups in total. The van der Waals surface area contributed by atoms with Crippen molar-refractivity contribution in [2.24, 2.45) is 0 Å². The number of rotatable bonds is 39. The van der Waals surface area contributed by atoms with Gasteiger partial charge in [0, 0.05) is 0 Å². The Bertz CT molecular complexity index is 897. The normalized spacial score (nSPS) is 12.3. The van der Waals surface area contributed by atoms with Crippen LogP contribution in [0.15, 0.2) is 48.6 Å². The van der Waals surface area contributed by atoms with Gasteiger partial charge in [0.1, 0.15) is 0 Å². The Kier molecular flexibility index (Phi) is 39.9. The molecule has 0 fully saturated rings. The second-order valence-corrected chi connectivity index (χ2v) is 24.3. The molecule has 0 aromatic heterocycles. The van der Waals surface area contributed by atoms with Crippen LogP contribution in [0, 0.1) is 0 Å². The van der Waals surface area contributed by atoms with Crippen LogP contribution >= 0.6 is 0 Å². The van der Waals surface area contributed by atoms with Crippen molar-refractivity contribution in [3.8, 4) is 0 Å². The summed E-state index contributed by atoms with van der Waals surface area (Å²) in [6.07, 6.45) is 53.2. The summed E-state index contributed by atoms with van der Waals surface area (Å²) in [5.74, 6) is -0.248. The van der Waals surface area contributed by atoms with Crippen LogP contribution in [0.4, 0.5) is 0 Å². The van der Waals surface area contributed by atoms with Gasteiger partial charge in [0.2, 0.25) is 0 Å². The topological polar surface area (TPSA) is 52.6 Å². The summed E-state index contributed by atoms with van der Waals surface area (Å²) >= 11 is -3.83. The molecule has 0 heterocycles. The number of unbranched alkanes of at least 4 members (excludes halogenated alkanes) is 21. The van der Waals surface area contributed by atoms with E-state index < -0.39 is 19.2 Å². The minimum absolute atomic E-state index is 0.123. The second kappa shape index (κ2) is 40.9. The molecule has 0 aliphatic rings. The third kappa shape index (κ3) is 35.7. The van der Waals surface area contributed by atoms with Gasteiger partial charge in [0.15, 0.2) is 0 Å². The van der Waals surface area contributed by atoms with Crippen LogP contribution < -0.4 is 0 Å². The first-order chi connectivity index (χ1) is 25.5. The van der Waals surface area contributed by atoms with Crippen LogP contribution in [0.1, 0.15) is 227 Å². The first-order valence-corrected chi connectivity index (χ1v) is 28.9. The van der Waals surface area contributed by atoms with Crippen LogP contribution in [-0.4, -0.2) is 31.1 Å². The Hall–Kier alpha value is -1.30. The fourth-order valence-electron chi connectivity index (χ4n) is 6.42. The molecule has 0 saturated carbocycles. The third-order valence-corrected chi connectivity index (χ3v) is 19.6. The summed E-state index contributed by atoms with van der Waals surface area (Å²) in [4.78, 5) is 26.1. The van der Waals surface area contributed by atoms with Crippen LogP contribution in [0.2, 0.25) is 8.87 Å². The summed E-state index contributed by atoms with van der Waals surface area (Å²) in [6.45, 7) is 8.83. The average Bonchev–Trinajstić information content (AvgIpc) is 3.14. The number of carbonyl (C=O) groups is 2. The molecule has 302 valence electrons. The third-order valence-electron chi connectivity index (χ3n) is 9.80.